The van der Waals surface area contributed by atoms with Crippen LogP contribution in [0, 0.1) is 0 Å². The lowest BCUT2D eigenvalue weighted by Gasteiger charge is -2.18. The summed E-state index contributed by atoms with van der Waals surface area (Å²) in [4.78, 5) is 4.03. The largest absolute Gasteiger partial charge is 0.397 e. The summed E-state index contributed by atoms with van der Waals surface area (Å²) in [5, 5.41) is 1.90. The Balaban J connectivity index is 2.33. The first-order valence-corrected chi connectivity index (χ1v) is 4.38. The Morgan fingerprint density at radius 2 is 2.14 bits per heavy atom. The number of hydrazine groups is 2. The van der Waals surface area contributed by atoms with Crippen LogP contribution < -0.4 is 21.7 Å². The van der Waals surface area contributed by atoms with Crippen LogP contribution in [0.4, 0.5) is 11.4 Å². The van der Waals surface area contributed by atoms with Gasteiger partial charge in [-0.2, -0.15) is 0 Å². The summed E-state index contributed by atoms with van der Waals surface area (Å²) in [6.07, 6.45) is 3.38. The fourth-order valence-corrected chi connectivity index (χ4v) is 1.31. The number of aromatic nitrogens is 1. The van der Waals surface area contributed by atoms with E-state index in [0.29, 0.717) is 5.69 Å². The van der Waals surface area contributed by atoms with Gasteiger partial charge in [0.25, 0.3) is 0 Å². The van der Waals surface area contributed by atoms with E-state index in [1.165, 1.54) is 0 Å². The molecular formula is C9H13N5. The van der Waals surface area contributed by atoms with Crippen LogP contribution in [0.3, 0.4) is 0 Å². The normalized spacial score (nSPS) is 16.0. The topological polar surface area (TPSA) is 66.2 Å². The van der Waals surface area contributed by atoms with Gasteiger partial charge < -0.3 is 11.2 Å². The zero-order valence-corrected chi connectivity index (χ0v) is 8.20. The summed E-state index contributed by atoms with van der Waals surface area (Å²) in [7, 11) is 0. The van der Waals surface area contributed by atoms with Gasteiger partial charge in [-0.1, -0.05) is 0 Å². The average Bonchev–Trinajstić information content (AvgIpc) is 2.48. The Hall–Kier alpha value is -1.75. The van der Waals surface area contributed by atoms with Crippen molar-refractivity contribution in [3.63, 3.8) is 0 Å². The average molecular weight is 191 g/mol. The van der Waals surface area contributed by atoms with Gasteiger partial charge in [-0.05, 0) is 19.9 Å². The molecule has 1 aliphatic rings. The Morgan fingerprint density at radius 3 is 2.71 bits per heavy atom. The summed E-state index contributed by atoms with van der Waals surface area (Å²) in [5.41, 5.74) is 15.5. The number of hydrogen-bond donors (Lipinski definition) is 3. The quantitative estimate of drug-likeness (QED) is 0.611. The molecule has 0 atom stereocenters. The van der Waals surface area contributed by atoms with Crippen molar-refractivity contribution in [1.29, 1.82) is 0 Å². The summed E-state index contributed by atoms with van der Waals surface area (Å²) in [6, 6.07) is 1.86. The van der Waals surface area contributed by atoms with Crippen molar-refractivity contribution in [2.75, 3.05) is 10.7 Å². The molecule has 4 N–H and O–H groups in total. The van der Waals surface area contributed by atoms with E-state index in [9.17, 15) is 0 Å². The third kappa shape index (κ3) is 1.38. The predicted octanol–water partition coefficient (Wildman–Crippen LogP) is 0.744. The van der Waals surface area contributed by atoms with Crippen LogP contribution in [-0.2, 0) is 0 Å². The Bertz CT molecular complexity index is 385. The number of nitrogen functional groups attached to an aromatic ring is 1. The number of rotatable bonds is 1. The van der Waals surface area contributed by atoms with Gasteiger partial charge in [0.2, 0.25) is 0 Å². The molecule has 74 valence electrons. The molecule has 0 radical (unpaired) electrons. The van der Waals surface area contributed by atoms with Crippen LogP contribution in [0.25, 0.3) is 0 Å². The summed E-state index contributed by atoms with van der Waals surface area (Å²) in [5.74, 6) is 0. The zero-order chi connectivity index (χ0) is 10.1. The second kappa shape index (κ2) is 3.19. The van der Waals surface area contributed by atoms with Crippen LogP contribution in [0.15, 0.2) is 29.9 Å². The van der Waals surface area contributed by atoms with Gasteiger partial charge in [0.1, 0.15) is 0 Å². The fourth-order valence-electron chi connectivity index (χ4n) is 1.31. The van der Waals surface area contributed by atoms with E-state index >= 15 is 0 Å². The Labute approximate surface area is 82.6 Å². The van der Waals surface area contributed by atoms with Crippen LogP contribution in [0.1, 0.15) is 13.8 Å². The van der Waals surface area contributed by atoms with Crippen LogP contribution >= 0.6 is 0 Å². The van der Waals surface area contributed by atoms with E-state index in [2.05, 4.69) is 15.9 Å². The van der Waals surface area contributed by atoms with Crippen molar-refractivity contribution in [3.8, 4) is 0 Å². The molecule has 0 amide bonds. The molecule has 5 nitrogen and oxygen atoms in total. The first-order valence-electron chi connectivity index (χ1n) is 4.38. The first kappa shape index (κ1) is 8.83. The monoisotopic (exact) mass is 191 g/mol. The summed E-state index contributed by atoms with van der Waals surface area (Å²) in [6.45, 7) is 4.02. The van der Waals surface area contributed by atoms with E-state index in [4.69, 9.17) is 5.73 Å². The van der Waals surface area contributed by atoms with Crippen LogP contribution in [0.5, 0.6) is 0 Å². The molecule has 1 aromatic heterocycles. The van der Waals surface area contributed by atoms with Gasteiger partial charge in [0, 0.05) is 11.9 Å². The molecule has 0 unspecified atom stereocenters. The number of nitrogens with two attached hydrogens (primary N) is 1. The maximum Gasteiger partial charge on any atom is 0.0796 e. The van der Waals surface area contributed by atoms with Crippen molar-refractivity contribution in [2.24, 2.45) is 0 Å². The highest BCUT2D eigenvalue weighted by Gasteiger charge is 2.16. The molecule has 1 aliphatic heterocycles. The lowest BCUT2D eigenvalue weighted by molar-refractivity contribution is 0.653. The second-order valence-corrected chi connectivity index (χ2v) is 3.26. The number of nitrogens with zero attached hydrogens (tertiary/aromatic N) is 2. The van der Waals surface area contributed by atoms with Gasteiger partial charge in [-0.25, -0.2) is 0 Å². The van der Waals surface area contributed by atoms with E-state index in [1.807, 2.05) is 24.9 Å². The van der Waals surface area contributed by atoms with Crippen molar-refractivity contribution in [3.05, 3.63) is 29.9 Å². The van der Waals surface area contributed by atoms with Gasteiger partial charge in [0.15, 0.2) is 0 Å². The van der Waals surface area contributed by atoms with Crippen molar-refractivity contribution in [2.45, 2.75) is 13.8 Å². The highest BCUT2D eigenvalue weighted by Crippen LogP contribution is 2.21. The minimum Gasteiger partial charge on any atom is -0.397 e. The van der Waals surface area contributed by atoms with E-state index in [1.54, 1.807) is 12.4 Å². The first-order chi connectivity index (χ1) is 6.68. The number of nitrogens with one attached hydrogen (secondary N) is 2. The van der Waals surface area contributed by atoms with Gasteiger partial charge >= 0.3 is 0 Å². The van der Waals surface area contributed by atoms with E-state index in [0.717, 1.165) is 17.1 Å². The van der Waals surface area contributed by atoms with E-state index < -0.39 is 0 Å². The lowest BCUT2D eigenvalue weighted by atomic mass is 10.3. The molecule has 0 saturated carbocycles. The molecular weight excluding hydrogens is 178 g/mol. The highest BCUT2D eigenvalue weighted by atomic mass is 15.7. The highest BCUT2D eigenvalue weighted by molar-refractivity contribution is 5.57. The third-order valence-corrected chi connectivity index (χ3v) is 2.24. The second-order valence-electron chi connectivity index (χ2n) is 3.26. The molecule has 1 aromatic rings. The maximum absolute atomic E-state index is 5.65. The SMILES string of the molecule is CC1=C(C)N(c2cncc(N)c2)NN1. The van der Waals surface area contributed by atoms with Crippen LogP contribution in [0.2, 0.25) is 0 Å². The van der Waals surface area contributed by atoms with Gasteiger partial charge in [-0.15, -0.1) is 5.53 Å². The molecule has 0 spiro atoms. The van der Waals surface area contributed by atoms with Crippen LogP contribution in [-0.4, -0.2) is 4.98 Å². The van der Waals surface area contributed by atoms with Gasteiger partial charge in [0.05, 0.1) is 23.3 Å². The molecule has 0 aliphatic carbocycles. The van der Waals surface area contributed by atoms with E-state index in [-0.39, 0.29) is 0 Å². The summed E-state index contributed by atoms with van der Waals surface area (Å²) >= 11 is 0. The molecule has 0 saturated heterocycles. The van der Waals surface area contributed by atoms with Crippen molar-refractivity contribution < 1.29 is 0 Å². The molecule has 0 bridgehead atoms. The molecule has 2 rings (SSSR count). The molecule has 2 heterocycles. The van der Waals surface area contributed by atoms with Crippen molar-refractivity contribution >= 4 is 11.4 Å². The smallest absolute Gasteiger partial charge is 0.0796 e. The molecule has 0 fully saturated rings. The standard InChI is InChI=1S/C9H13N5/c1-6-7(2)14(13-12-6)9-3-8(10)4-11-5-9/h3-5,12-13H,10H2,1-2H3. The predicted molar refractivity (Wildman–Crippen MR) is 55.8 cm³/mol. The number of anilines is 2. The minimum absolute atomic E-state index is 0.654. The third-order valence-electron chi connectivity index (χ3n) is 2.24. The number of pyridine rings is 1. The lowest BCUT2D eigenvalue weighted by Crippen LogP contribution is -2.37. The number of allylic oxidation sites excluding steroid dienone is 2. The molecule has 5 heteroatoms. The Kier molecular flexibility index (Phi) is 2.01. The summed E-state index contributed by atoms with van der Waals surface area (Å²) < 4.78 is 0. The fraction of sp³-hybridized carbons (Fsp3) is 0.222. The minimum atomic E-state index is 0.654. The molecule has 0 aromatic carbocycles. The van der Waals surface area contributed by atoms with Crippen molar-refractivity contribution in [1.82, 2.24) is 15.9 Å². The molecule has 14 heavy (non-hydrogen) atoms. The maximum atomic E-state index is 5.65. The zero-order valence-electron chi connectivity index (χ0n) is 8.20. The Morgan fingerprint density at radius 1 is 1.36 bits per heavy atom. The van der Waals surface area contributed by atoms with Gasteiger partial charge in [-0.3, -0.25) is 9.99 Å². The number of hydrogen-bond acceptors (Lipinski definition) is 5.